The Morgan fingerprint density at radius 3 is 2.81 bits per heavy atom. The Morgan fingerprint density at radius 1 is 1.29 bits per heavy atom. The van der Waals surface area contributed by atoms with Crippen molar-refractivity contribution in [3.05, 3.63) is 46.4 Å². The summed E-state index contributed by atoms with van der Waals surface area (Å²) in [4.78, 5) is 4.47. The summed E-state index contributed by atoms with van der Waals surface area (Å²) in [5, 5.41) is 0. The van der Waals surface area contributed by atoms with Crippen LogP contribution in [0.15, 0.2) is 40.9 Å². The summed E-state index contributed by atoms with van der Waals surface area (Å²) in [6, 6.07) is 12.0. The van der Waals surface area contributed by atoms with Gasteiger partial charge in [0.15, 0.2) is 0 Å². The molecule has 108 valence electrons. The Morgan fingerprint density at radius 2 is 2.10 bits per heavy atom. The minimum atomic E-state index is 0.453. The van der Waals surface area contributed by atoms with Crippen LogP contribution in [-0.2, 0) is 0 Å². The first-order chi connectivity index (χ1) is 10.1. The van der Waals surface area contributed by atoms with Crippen molar-refractivity contribution in [2.75, 3.05) is 12.3 Å². The smallest absolute Gasteiger partial charge is 0.206 e. The number of imidazole rings is 1. The third kappa shape index (κ3) is 2.49. The van der Waals surface area contributed by atoms with E-state index in [1.807, 2.05) is 35.8 Å². The highest BCUT2D eigenvalue weighted by molar-refractivity contribution is 9.10. The molecule has 0 spiro atoms. The van der Waals surface area contributed by atoms with Gasteiger partial charge >= 0.3 is 0 Å². The highest BCUT2D eigenvalue weighted by Crippen LogP contribution is 2.30. The fourth-order valence-electron chi connectivity index (χ4n) is 2.48. The Kier molecular flexibility index (Phi) is 3.59. The summed E-state index contributed by atoms with van der Waals surface area (Å²) < 4.78 is 8.58. The van der Waals surface area contributed by atoms with E-state index in [0.29, 0.717) is 12.6 Å². The zero-order chi connectivity index (χ0) is 15.0. The molecule has 0 radical (unpaired) electrons. The number of nitrogens with zero attached hydrogens (tertiary/aromatic N) is 2. The van der Waals surface area contributed by atoms with Gasteiger partial charge in [0.1, 0.15) is 11.3 Å². The van der Waals surface area contributed by atoms with Crippen molar-refractivity contribution in [3.8, 4) is 11.4 Å². The minimum absolute atomic E-state index is 0.453. The molecule has 0 aliphatic carbocycles. The number of nitrogens with two attached hydrogens (primary N) is 1. The van der Waals surface area contributed by atoms with E-state index in [9.17, 15) is 0 Å². The SMILES string of the molecule is CCOc1cccc2c1nc(N)n2-c1cc(C)cc(Br)c1. The third-order valence-electron chi connectivity index (χ3n) is 3.26. The largest absolute Gasteiger partial charge is 0.492 e. The summed E-state index contributed by atoms with van der Waals surface area (Å²) in [5.41, 5.74) is 10.00. The zero-order valence-corrected chi connectivity index (χ0v) is 13.5. The maximum absolute atomic E-state index is 6.13. The van der Waals surface area contributed by atoms with Crippen LogP contribution in [0.5, 0.6) is 5.75 Å². The van der Waals surface area contributed by atoms with Crippen LogP contribution in [0.4, 0.5) is 5.95 Å². The number of anilines is 1. The molecule has 0 bridgehead atoms. The predicted molar refractivity (Wildman–Crippen MR) is 89.1 cm³/mol. The van der Waals surface area contributed by atoms with E-state index in [2.05, 4.69) is 40.0 Å². The fraction of sp³-hybridized carbons (Fsp3) is 0.188. The number of hydrogen-bond donors (Lipinski definition) is 1. The Labute approximate surface area is 131 Å². The second-order valence-corrected chi connectivity index (χ2v) is 5.76. The summed E-state index contributed by atoms with van der Waals surface area (Å²) in [5.74, 6) is 1.21. The van der Waals surface area contributed by atoms with Crippen LogP contribution in [0.1, 0.15) is 12.5 Å². The number of halogens is 1. The van der Waals surface area contributed by atoms with Crippen LogP contribution in [-0.4, -0.2) is 16.2 Å². The number of fused-ring (bicyclic) bond motifs is 1. The standard InChI is InChI=1S/C16H16BrN3O/c1-3-21-14-6-4-5-13-15(14)19-16(18)20(13)12-8-10(2)7-11(17)9-12/h4-9H,3H2,1-2H3,(H2,18,19). The maximum Gasteiger partial charge on any atom is 0.206 e. The number of aromatic nitrogens is 2. The number of para-hydroxylation sites is 1. The van der Waals surface area contributed by atoms with Gasteiger partial charge in [-0.05, 0) is 49.7 Å². The van der Waals surface area contributed by atoms with Gasteiger partial charge in [-0.3, -0.25) is 4.57 Å². The monoisotopic (exact) mass is 345 g/mol. The summed E-state index contributed by atoms with van der Waals surface area (Å²) in [7, 11) is 0. The van der Waals surface area contributed by atoms with Gasteiger partial charge in [0, 0.05) is 4.47 Å². The molecular weight excluding hydrogens is 330 g/mol. The molecule has 0 atom stereocenters. The molecule has 2 aromatic carbocycles. The second kappa shape index (κ2) is 5.41. The fourth-order valence-corrected chi connectivity index (χ4v) is 3.08. The number of ether oxygens (including phenoxy) is 1. The van der Waals surface area contributed by atoms with E-state index in [1.54, 1.807) is 0 Å². The number of aryl methyl sites for hydroxylation is 1. The van der Waals surface area contributed by atoms with Crippen molar-refractivity contribution in [2.45, 2.75) is 13.8 Å². The molecule has 0 aliphatic heterocycles. The highest BCUT2D eigenvalue weighted by Gasteiger charge is 2.14. The average Bonchev–Trinajstić information content (AvgIpc) is 2.75. The van der Waals surface area contributed by atoms with Crippen LogP contribution in [0.2, 0.25) is 0 Å². The van der Waals surface area contributed by atoms with Gasteiger partial charge in [-0.2, -0.15) is 0 Å². The first kappa shape index (κ1) is 13.9. The minimum Gasteiger partial charge on any atom is -0.492 e. The molecule has 1 aromatic heterocycles. The van der Waals surface area contributed by atoms with Crippen molar-refractivity contribution >= 4 is 32.9 Å². The molecule has 0 amide bonds. The molecular formula is C16H16BrN3O. The third-order valence-corrected chi connectivity index (χ3v) is 3.72. The van der Waals surface area contributed by atoms with E-state index < -0.39 is 0 Å². The molecule has 5 heteroatoms. The van der Waals surface area contributed by atoms with Crippen LogP contribution in [0.25, 0.3) is 16.7 Å². The lowest BCUT2D eigenvalue weighted by molar-refractivity contribution is 0.344. The molecule has 3 aromatic rings. The lowest BCUT2D eigenvalue weighted by Crippen LogP contribution is -2.01. The molecule has 0 unspecified atom stereocenters. The number of benzene rings is 2. The van der Waals surface area contributed by atoms with Crippen LogP contribution in [0, 0.1) is 6.92 Å². The van der Waals surface area contributed by atoms with E-state index in [0.717, 1.165) is 32.5 Å². The Balaban J connectivity index is 2.27. The first-order valence-corrected chi connectivity index (χ1v) is 7.56. The second-order valence-electron chi connectivity index (χ2n) is 4.85. The van der Waals surface area contributed by atoms with Gasteiger partial charge in [-0.25, -0.2) is 4.98 Å². The molecule has 1 heterocycles. The van der Waals surface area contributed by atoms with Crippen molar-refractivity contribution in [3.63, 3.8) is 0 Å². The molecule has 21 heavy (non-hydrogen) atoms. The molecule has 0 saturated carbocycles. The summed E-state index contributed by atoms with van der Waals surface area (Å²) >= 11 is 3.53. The highest BCUT2D eigenvalue weighted by atomic mass is 79.9. The first-order valence-electron chi connectivity index (χ1n) is 6.77. The molecule has 0 aliphatic rings. The maximum atomic E-state index is 6.13. The summed E-state index contributed by atoms with van der Waals surface area (Å²) in [6.45, 7) is 4.61. The van der Waals surface area contributed by atoms with Crippen molar-refractivity contribution < 1.29 is 4.74 Å². The number of rotatable bonds is 3. The predicted octanol–water partition coefficient (Wildman–Crippen LogP) is 4.08. The molecule has 0 fully saturated rings. The van der Waals surface area contributed by atoms with E-state index in [-0.39, 0.29) is 0 Å². The molecule has 2 N–H and O–H groups in total. The van der Waals surface area contributed by atoms with Crippen LogP contribution in [0.3, 0.4) is 0 Å². The van der Waals surface area contributed by atoms with Crippen LogP contribution < -0.4 is 10.5 Å². The van der Waals surface area contributed by atoms with Crippen LogP contribution >= 0.6 is 15.9 Å². The Bertz CT molecular complexity index is 790. The van der Waals surface area contributed by atoms with Crippen molar-refractivity contribution in [1.82, 2.24) is 9.55 Å². The zero-order valence-electron chi connectivity index (χ0n) is 11.9. The normalized spacial score (nSPS) is 11.0. The molecule has 4 nitrogen and oxygen atoms in total. The van der Waals surface area contributed by atoms with Crippen molar-refractivity contribution in [1.29, 1.82) is 0 Å². The Hall–Kier alpha value is -2.01. The lowest BCUT2D eigenvalue weighted by atomic mass is 10.2. The average molecular weight is 346 g/mol. The topological polar surface area (TPSA) is 53.1 Å². The lowest BCUT2D eigenvalue weighted by Gasteiger charge is -2.09. The van der Waals surface area contributed by atoms with Gasteiger partial charge in [-0.15, -0.1) is 0 Å². The number of hydrogen-bond acceptors (Lipinski definition) is 3. The van der Waals surface area contributed by atoms with Gasteiger partial charge in [0.2, 0.25) is 5.95 Å². The van der Waals surface area contributed by atoms with Gasteiger partial charge in [0.25, 0.3) is 0 Å². The van der Waals surface area contributed by atoms with Crippen molar-refractivity contribution in [2.24, 2.45) is 0 Å². The van der Waals surface area contributed by atoms with E-state index in [4.69, 9.17) is 10.5 Å². The quantitative estimate of drug-likeness (QED) is 0.778. The van der Waals surface area contributed by atoms with E-state index >= 15 is 0 Å². The van der Waals surface area contributed by atoms with E-state index in [1.165, 1.54) is 0 Å². The number of nitrogen functional groups attached to an aromatic ring is 1. The molecule has 3 rings (SSSR count). The van der Waals surface area contributed by atoms with Gasteiger partial charge in [0.05, 0.1) is 17.8 Å². The molecule has 0 saturated heterocycles. The van der Waals surface area contributed by atoms with Gasteiger partial charge < -0.3 is 10.5 Å². The summed E-state index contributed by atoms with van der Waals surface area (Å²) in [6.07, 6.45) is 0. The van der Waals surface area contributed by atoms with Gasteiger partial charge in [-0.1, -0.05) is 22.0 Å².